The smallest absolute Gasteiger partial charge is 0.283 e. The zero-order valence-electron chi connectivity index (χ0n) is 15.4. The van der Waals surface area contributed by atoms with Gasteiger partial charge in [-0.3, -0.25) is 15.1 Å². The van der Waals surface area contributed by atoms with Crippen LogP contribution in [0.15, 0.2) is 45.9 Å². The van der Waals surface area contributed by atoms with Gasteiger partial charge in [-0.2, -0.15) is 4.99 Å². The Balaban J connectivity index is 1.79. The van der Waals surface area contributed by atoms with E-state index in [9.17, 15) is 4.79 Å². The molecule has 3 heterocycles. The molecule has 4 rings (SSSR count). The van der Waals surface area contributed by atoms with E-state index in [1.54, 1.807) is 23.1 Å². The number of hydrogen-bond donors (Lipinski definition) is 1. The van der Waals surface area contributed by atoms with E-state index < -0.39 is 5.91 Å². The van der Waals surface area contributed by atoms with E-state index >= 15 is 0 Å². The monoisotopic (exact) mass is 430 g/mol. The number of carbonyl (C=O) groups is 1. The molecule has 0 aliphatic carbocycles. The quantitative estimate of drug-likeness (QED) is 0.633. The number of amides is 1. The van der Waals surface area contributed by atoms with Crippen LogP contribution in [0.25, 0.3) is 11.8 Å². The molecule has 2 aliphatic rings. The van der Waals surface area contributed by atoms with Crippen molar-refractivity contribution in [2.45, 2.75) is 20.8 Å². The summed E-state index contributed by atoms with van der Waals surface area (Å²) in [6.45, 7) is 5.84. The summed E-state index contributed by atoms with van der Waals surface area (Å²) in [5, 5.41) is 11.9. The summed E-state index contributed by atoms with van der Waals surface area (Å²) >= 11 is 13.6. The van der Waals surface area contributed by atoms with Crippen molar-refractivity contribution in [2.24, 2.45) is 4.99 Å². The van der Waals surface area contributed by atoms with E-state index in [1.165, 1.54) is 11.8 Å². The summed E-state index contributed by atoms with van der Waals surface area (Å²) in [5.74, 6) is -0.251. The zero-order chi connectivity index (χ0) is 20.2. The molecule has 0 saturated carbocycles. The van der Waals surface area contributed by atoms with Crippen molar-refractivity contribution in [3.63, 3.8) is 0 Å². The van der Waals surface area contributed by atoms with Crippen LogP contribution in [0.1, 0.15) is 23.9 Å². The molecule has 1 N–H and O–H groups in total. The number of hydrogen-bond acceptors (Lipinski definition) is 3. The van der Waals surface area contributed by atoms with Crippen LogP contribution in [-0.2, 0) is 4.79 Å². The van der Waals surface area contributed by atoms with Crippen LogP contribution in [0.3, 0.4) is 0 Å². The lowest BCUT2D eigenvalue weighted by Crippen LogP contribution is -2.37. The standard InChI is InChI=1S/C20H16Cl2N4OS/c1-10-6-13(12(3)25(10)14-4-5-16(21)17(22)8-14)7-15-18(23)26-11(2)9-28-20(26)24-19(15)27/h4-9,23H,1-3H3/b15-7-,23-18?. The Bertz CT molecular complexity index is 1140. The Morgan fingerprint density at radius 1 is 1.14 bits per heavy atom. The number of amidine groups is 2. The van der Waals surface area contributed by atoms with Crippen molar-refractivity contribution < 1.29 is 4.79 Å². The van der Waals surface area contributed by atoms with Gasteiger partial charge in [-0.1, -0.05) is 35.0 Å². The van der Waals surface area contributed by atoms with Gasteiger partial charge in [0.1, 0.15) is 5.84 Å². The van der Waals surface area contributed by atoms with Crippen LogP contribution in [0.5, 0.6) is 0 Å². The fraction of sp³-hybridized carbons (Fsp3) is 0.150. The Kier molecular flexibility index (Phi) is 4.73. The molecule has 1 aromatic heterocycles. The molecule has 2 aromatic rings. The molecule has 0 radical (unpaired) electrons. The predicted molar refractivity (Wildman–Crippen MR) is 117 cm³/mol. The number of aryl methyl sites for hydroxylation is 1. The SMILES string of the molecule is CC1=CSC2=NC(=O)/C(=C\c3cc(C)n(-c4ccc(Cl)c(Cl)c4)c3C)C(=N)N12. The number of allylic oxidation sites excluding steroid dienone is 1. The van der Waals surface area contributed by atoms with Crippen LogP contribution in [-0.4, -0.2) is 26.4 Å². The van der Waals surface area contributed by atoms with Crippen molar-refractivity contribution in [3.05, 3.63) is 67.9 Å². The molecule has 2 aliphatic heterocycles. The van der Waals surface area contributed by atoms with E-state index in [-0.39, 0.29) is 11.4 Å². The predicted octanol–water partition coefficient (Wildman–Crippen LogP) is 5.57. The average molecular weight is 431 g/mol. The van der Waals surface area contributed by atoms with Gasteiger partial charge in [0.2, 0.25) is 0 Å². The third kappa shape index (κ3) is 3.02. The van der Waals surface area contributed by atoms with E-state index in [4.69, 9.17) is 28.6 Å². The Labute approximate surface area is 176 Å². The Morgan fingerprint density at radius 3 is 2.61 bits per heavy atom. The highest BCUT2D eigenvalue weighted by molar-refractivity contribution is 8.16. The number of nitrogens with zero attached hydrogens (tertiary/aromatic N) is 3. The van der Waals surface area contributed by atoms with Crippen LogP contribution in [0.2, 0.25) is 10.0 Å². The van der Waals surface area contributed by atoms with Gasteiger partial charge in [0.25, 0.3) is 5.91 Å². The first-order chi connectivity index (χ1) is 13.3. The first-order valence-electron chi connectivity index (χ1n) is 8.49. The second kappa shape index (κ2) is 6.95. The summed E-state index contributed by atoms with van der Waals surface area (Å²) in [6.07, 6.45) is 1.73. The number of aromatic nitrogens is 1. The first kappa shape index (κ1) is 19.1. The van der Waals surface area contributed by atoms with E-state index in [0.29, 0.717) is 15.2 Å². The lowest BCUT2D eigenvalue weighted by molar-refractivity contribution is -0.114. The van der Waals surface area contributed by atoms with Crippen LogP contribution >= 0.6 is 35.0 Å². The summed E-state index contributed by atoms with van der Waals surface area (Å²) in [6, 6.07) is 7.44. The molecular formula is C20H16Cl2N4OS. The lowest BCUT2D eigenvalue weighted by Gasteiger charge is -2.25. The van der Waals surface area contributed by atoms with Crippen LogP contribution in [0, 0.1) is 19.3 Å². The molecule has 142 valence electrons. The minimum absolute atomic E-state index is 0.146. The van der Waals surface area contributed by atoms with Gasteiger partial charge in [-0.05, 0) is 62.1 Å². The van der Waals surface area contributed by atoms with Crippen molar-refractivity contribution in [1.82, 2.24) is 9.47 Å². The van der Waals surface area contributed by atoms with Gasteiger partial charge in [0, 0.05) is 22.8 Å². The number of thioether (sulfide) groups is 1. The second-order valence-electron chi connectivity index (χ2n) is 6.58. The summed E-state index contributed by atoms with van der Waals surface area (Å²) in [7, 11) is 0. The summed E-state index contributed by atoms with van der Waals surface area (Å²) < 4.78 is 2.04. The van der Waals surface area contributed by atoms with Gasteiger partial charge >= 0.3 is 0 Å². The molecular weight excluding hydrogens is 415 g/mol. The first-order valence-corrected chi connectivity index (χ1v) is 10.1. The Morgan fingerprint density at radius 2 is 1.89 bits per heavy atom. The molecule has 8 heteroatoms. The molecule has 1 amide bonds. The fourth-order valence-electron chi connectivity index (χ4n) is 3.35. The number of rotatable bonds is 2. The maximum Gasteiger partial charge on any atom is 0.283 e. The maximum atomic E-state index is 12.5. The molecule has 0 unspecified atom stereocenters. The molecule has 0 bridgehead atoms. The molecule has 0 saturated heterocycles. The van der Waals surface area contributed by atoms with Crippen molar-refractivity contribution in [2.75, 3.05) is 0 Å². The second-order valence-corrected chi connectivity index (χ2v) is 8.23. The number of aliphatic imine (C=N–C) groups is 1. The van der Waals surface area contributed by atoms with Gasteiger partial charge in [-0.15, -0.1) is 0 Å². The van der Waals surface area contributed by atoms with Crippen LogP contribution < -0.4 is 0 Å². The molecule has 5 nitrogen and oxygen atoms in total. The number of fused-ring (bicyclic) bond motifs is 1. The molecule has 28 heavy (non-hydrogen) atoms. The van der Waals surface area contributed by atoms with Crippen molar-refractivity contribution in [1.29, 1.82) is 5.41 Å². The number of benzene rings is 1. The van der Waals surface area contributed by atoms with Gasteiger partial charge in [0.05, 0.1) is 15.6 Å². The average Bonchev–Trinajstić information content (AvgIpc) is 3.14. The van der Waals surface area contributed by atoms with Gasteiger partial charge < -0.3 is 4.57 Å². The van der Waals surface area contributed by atoms with Gasteiger partial charge in [-0.25, -0.2) is 0 Å². The maximum absolute atomic E-state index is 12.5. The number of halogens is 2. The van der Waals surface area contributed by atoms with Crippen molar-refractivity contribution >= 4 is 58.0 Å². The number of carbonyl (C=O) groups excluding carboxylic acids is 1. The lowest BCUT2D eigenvalue weighted by atomic mass is 10.1. The third-order valence-corrected chi connectivity index (χ3v) is 6.40. The largest absolute Gasteiger partial charge is 0.318 e. The minimum Gasteiger partial charge on any atom is -0.318 e. The topological polar surface area (TPSA) is 61.5 Å². The highest BCUT2D eigenvalue weighted by Gasteiger charge is 2.34. The Hall–Kier alpha value is -2.28. The zero-order valence-corrected chi connectivity index (χ0v) is 17.7. The summed E-state index contributed by atoms with van der Waals surface area (Å²) in [4.78, 5) is 18.3. The molecule has 0 atom stereocenters. The minimum atomic E-state index is -0.397. The highest BCUT2D eigenvalue weighted by Crippen LogP contribution is 2.33. The van der Waals surface area contributed by atoms with Crippen LogP contribution in [0.4, 0.5) is 0 Å². The molecule has 0 spiro atoms. The number of nitrogens with one attached hydrogen (secondary N) is 1. The molecule has 1 aromatic carbocycles. The third-order valence-electron chi connectivity index (χ3n) is 4.72. The summed E-state index contributed by atoms with van der Waals surface area (Å²) in [5.41, 5.74) is 4.80. The highest BCUT2D eigenvalue weighted by atomic mass is 35.5. The molecule has 0 fully saturated rings. The van der Waals surface area contributed by atoms with E-state index in [0.717, 1.165) is 28.3 Å². The van der Waals surface area contributed by atoms with E-state index in [2.05, 4.69) is 4.99 Å². The van der Waals surface area contributed by atoms with Crippen molar-refractivity contribution in [3.8, 4) is 5.69 Å². The fourth-order valence-corrected chi connectivity index (χ4v) is 4.50. The normalized spacial score (nSPS) is 17.9. The van der Waals surface area contributed by atoms with E-state index in [1.807, 2.05) is 42.9 Å². The van der Waals surface area contributed by atoms with Gasteiger partial charge in [0.15, 0.2) is 5.17 Å².